The number of hydrogen-bond acceptors (Lipinski definition) is 11. The highest BCUT2D eigenvalue weighted by molar-refractivity contribution is 8.01. The van der Waals surface area contributed by atoms with Gasteiger partial charge in [-0.05, 0) is 95.6 Å². The van der Waals surface area contributed by atoms with Gasteiger partial charge >= 0.3 is 6.18 Å². The van der Waals surface area contributed by atoms with E-state index in [1.807, 2.05) is 39.3 Å². The second-order valence-electron chi connectivity index (χ2n) is 18.3. The van der Waals surface area contributed by atoms with Crippen molar-refractivity contribution in [2.24, 2.45) is 23.5 Å². The number of benzene rings is 1. The average Bonchev–Trinajstić information content (AvgIpc) is 3.59. The van der Waals surface area contributed by atoms with Crippen molar-refractivity contribution in [2.75, 3.05) is 53.5 Å². The zero-order chi connectivity index (χ0) is 53.8. The number of aliphatic hydroxyl groups is 1. The van der Waals surface area contributed by atoms with Crippen molar-refractivity contribution in [1.82, 2.24) is 25.8 Å². The van der Waals surface area contributed by atoms with E-state index in [2.05, 4.69) is 62.1 Å². The van der Waals surface area contributed by atoms with Gasteiger partial charge in [-0.15, -0.1) is 18.3 Å². The van der Waals surface area contributed by atoms with Crippen LogP contribution in [0.2, 0.25) is 0 Å². The predicted molar refractivity (Wildman–Crippen MR) is 284 cm³/mol. The van der Waals surface area contributed by atoms with E-state index in [-0.39, 0.29) is 24.3 Å². The van der Waals surface area contributed by atoms with Crippen LogP contribution in [0.15, 0.2) is 70.9 Å². The highest BCUT2D eigenvalue weighted by Crippen LogP contribution is 2.70. The molecular weight excluding hydrogens is 945 g/mol. The maximum atomic E-state index is 13.3. The Hall–Kier alpha value is -3.90. The Bertz CT molecular complexity index is 2070. The largest absolute Gasteiger partial charge is 0.497 e. The maximum Gasteiger partial charge on any atom is 0.412 e. The van der Waals surface area contributed by atoms with Crippen LogP contribution in [0.25, 0.3) is 16.6 Å². The second kappa shape index (κ2) is 33.7. The monoisotopic (exact) mass is 1030 g/mol. The molecule has 2 aliphatic carbocycles. The van der Waals surface area contributed by atoms with Crippen LogP contribution in [0.4, 0.5) is 13.2 Å². The summed E-state index contributed by atoms with van der Waals surface area (Å²) in [4.78, 5) is 52.6. The Labute approximate surface area is 420 Å². The van der Waals surface area contributed by atoms with Crippen molar-refractivity contribution in [1.29, 1.82) is 0 Å². The van der Waals surface area contributed by atoms with E-state index in [9.17, 15) is 37.0 Å². The van der Waals surface area contributed by atoms with Crippen molar-refractivity contribution in [3.8, 4) is 5.75 Å². The fraction of sp³-hybridized carbons (Fsp3) is 0.627. The standard InChI is InChI=1S/C20H31F3N3O5P.C13H14N2O2S.C6H12O.C4H11N.C4H10.C4H8/c1-4-15-9-19(15,32(30,31)11-13(2)8-14(3)20(21,22)23)25-18(29)16-6-5-7-26(16)17(28)10-24-12-27;1-17-8-3-4-9-11(5-8)15-12(6-13(9)16)10(14)7-18-2;1-7-6-4-2-3-5-6;1-4(2)5-3;1-4(2)3;1-3-4-2/h4,8,13,15-16,24,27H,1,5-7,9-12H2,2-3H3,(H,25,29)(H,30,31);3-7H,14H2,1-2H3,(H,15,16);6H,2-5H2,1H3;4-5H,1-3H3;4H,1-3H3;3-4H,1-2H3/b14-8+;10-7-;;;;4-3-/t13?,15?,16?,19-;;;;;/m0...../s1. The quantitative estimate of drug-likeness (QED) is 0.0506. The van der Waals surface area contributed by atoms with Gasteiger partial charge in [-0.1, -0.05) is 78.7 Å². The highest BCUT2D eigenvalue weighted by atomic mass is 32.2. The normalized spacial score (nSPS) is 20.3. The smallest absolute Gasteiger partial charge is 0.412 e. The number of carbonyl (C=O) groups excluding carboxylic acids is 2. The number of ether oxygens (including phenoxy) is 2. The number of hydrogen-bond donors (Lipinski definition) is 7. The van der Waals surface area contributed by atoms with Crippen molar-refractivity contribution in [3.05, 3.63) is 82.0 Å². The molecule has 5 rings (SSSR count). The molecular formula is C51H86F3N6O8PS. The number of aromatic amines is 1. The van der Waals surface area contributed by atoms with Crippen LogP contribution in [-0.2, 0) is 18.9 Å². The third-order valence-corrected chi connectivity index (χ3v) is 14.6. The number of pyridine rings is 1. The molecule has 1 aliphatic heterocycles. The molecule has 4 unspecified atom stereocenters. The first-order valence-corrected chi connectivity index (χ1v) is 27.0. The summed E-state index contributed by atoms with van der Waals surface area (Å²) in [5.41, 5.74) is 6.85. The van der Waals surface area contributed by atoms with Gasteiger partial charge in [0.25, 0.3) is 0 Å². The zero-order valence-electron chi connectivity index (χ0n) is 44.0. The van der Waals surface area contributed by atoms with E-state index in [1.165, 1.54) is 61.4 Å². The van der Waals surface area contributed by atoms with E-state index in [4.69, 9.17) is 20.3 Å². The van der Waals surface area contributed by atoms with Gasteiger partial charge in [-0.3, -0.25) is 24.3 Å². The molecule has 3 aliphatic rings. The van der Waals surface area contributed by atoms with Crippen LogP contribution in [0, 0.1) is 17.8 Å². The van der Waals surface area contributed by atoms with Gasteiger partial charge in [-0.25, -0.2) is 0 Å². The summed E-state index contributed by atoms with van der Waals surface area (Å²) < 4.78 is 62.0. The van der Waals surface area contributed by atoms with Crippen LogP contribution < -0.4 is 31.8 Å². The number of nitrogens with two attached hydrogens (primary N) is 1. The number of carbonyl (C=O) groups is 2. The molecule has 0 spiro atoms. The number of aliphatic hydroxyl groups excluding tert-OH is 1. The number of nitrogens with one attached hydrogen (secondary N) is 4. The van der Waals surface area contributed by atoms with Crippen molar-refractivity contribution in [3.63, 3.8) is 0 Å². The zero-order valence-corrected chi connectivity index (χ0v) is 45.7. The lowest BCUT2D eigenvalue weighted by Gasteiger charge is -2.30. The number of thioether (sulfide) groups is 1. The van der Waals surface area contributed by atoms with Crippen molar-refractivity contribution >= 4 is 47.5 Å². The summed E-state index contributed by atoms with van der Waals surface area (Å²) in [6.07, 6.45) is 10.4. The molecule has 1 aromatic carbocycles. The minimum Gasteiger partial charge on any atom is -0.497 e. The molecule has 8 N–H and O–H groups in total. The minimum absolute atomic E-state index is 0.0566. The first-order chi connectivity index (χ1) is 32.8. The van der Waals surface area contributed by atoms with Crippen LogP contribution in [0.5, 0.6) is 5.75 Å². The lowest BCUT2D eigenvalue weighted by atomic mass is 10.1. The van der Waals surface area contributed by atoms with Gasteiger partial charge in [0.2, 0.25) is 19.2 Å². The number of methoxy groups -OCH3 is 2. The van der Waals surface area contributed by atoms with E-state index in [0.717, 1.165) is 18.9 Å². The molecule has 1 aromatic heterocycles. The van der Waals surface area contributed by atoms with Crippen LogP contribution >= 0.6 is 19.1 Å². The predicted octanol–water partition coefficient (Wildman–Crippen LogP) is 9.54. The first kappa shape index (κ1) is 66.1. The molecule has 2 amide bonds. The summed E-state index contributed by atoms with van der Waals surface area (Å²) in [6.45, 7) is 20.5. The van der Waals surface area contributed by atoms with Gasteiger partial charge in [-0.2, -0.15) is 13.2 Å². The van der Waals surface area contributed by atoms with E-state index >= 15 is 0 Å². The minimum atomic E-state index is -4.52. The van der Waals surface area contributed by atoms with Crippen LogP contribution in [0.1, 0.15) is 113 Å². The number of nitrogens with zero attached hydrogens (tertiary/aromatic N) is 1. The molecule has 2 saturated carbocycles. The third kappa shape index (κ3) is 23.6. The van der Waals surface area contributed by atoms with E-state index in [0.29, 0.717) is 59.6 Å². The lowest BCUT2D eigenvalue weighted by molar-refractivity contribution is -0.138. The number of aromatic nitrogens is 1. The van der Waals surface area contributed by atoms with Gasteiger partial charge in [0.1, 0.15) is 17.1 Å². The number of halogens is 3. The fourth-order valence-electron chi connectivity index (χ4n) is 7.04. The highest BCUT2D eigenvalue weighted by Gasteiger charge is 2.65. The van der Waals surface area contributed by atoms with E-state index in [1.54, 1.807) is 37.8 Å². The third-order valence-electron chi connectivity index (χ3n) is 11.2. The number of amides is 2. The summed E-state index contributed by atoms with van der Waals surface area (Å²) >= 11 is 1.49. The summed E-state index contributed by atoms with van der Waals surface area (Å²) in [7, 11) is 1.20. The summed E-state index contributed by atoms with van der Waals surface area (Å²) in [5.74, 6) is -0.767. The molecule has 0 bridgehead atoms. The molecule has 0 radical (unpaired) electrons. The Morgan fingerprint density at radius 3 is 2.10 bits per heavy atom. The SMILES string of the molecule is C/C=C\C.C=CC1C[C@]1(NC(=O)C1CCCN1C(=O)CNCO)P(=O)(O)CC(C)/C=C(\C)C(F)(F)F.CC(C)C.CNC(C)C.COC1CCCC1.COc1ccc2c(=O)cc(/C(N)=C/SC)[nH]c2c1. The number of likely N-dealkylation sites (tertiary alicyclic amines) is 1. The molecule has 5 atom stereocenters. The first-order valence-electron chi connectivity index (χ1n) is 23.9. The van der Waals surface area contributed by atoms with Crippen LogP contribution in [0.3, 0.4) is 0 Å². The second-order valence-corrected chi connectivity index (χ2v) is 21.5. The number of rotatable bonds is 15. The Morgan fingerprint density at radius 1 is 1.07 bits per heavy atom. The lowest BCUT2D eigenvalue weighted by Crippen LogP contribution is -2.52. The molecule has 14 nitrogen and oxygen atoms in total. The molecule has 2 heterocycles. The fourth-order valence-corrected chi connectivity index (χ4v) is 10.0. The number of H-pyrrole nitrogens is 1. The molecule has 2 aromatic rings. The Kier molecular flexibility index (Phi) is 31.8. The van der Waals surface area contributed by atoms with Gasteiger partial charge < -0.3 is 45.7 Å². The Morgan fingerprint density at radius 2 is 1.66 bits per heavy atom. The molecule has 400 valence electrons. The summed E-state index contributed by atoms with van der Waals surface area (Å²) in [5, 5.41) is 17.9. The van der Waals surface area contributed by atoms with Gasteiger partial charge in [0.15, 0.2) is 5.43 Å². The average molecular weight is 1030 g/mol. The van der Waals surface area contributed by atoms with Gasteiger partial charge in [0, 0.05) is 54.9 Å². The van der Waals surface area contributed by atoms with E-state index < -0.39 is 61.1 Å². The maximum absolute atomic E-state index is 13.3. The van der Waals surface area contributed by atoms with Crippen molar-refractivity contribution < 1.29 is 46.8 Å². The number of alkyl halides is 3. The summed E-state index contributed by atoms with van der Waals surface area (Å²) in [6, 6.07) is 6.61. The molecule has 70 heavy (non-hydrogen) atoms. The molecule has 19 heteroatoms. The van der Waals surface area contributed by atoms with Crippen LogP contribution in [-0.4, -0.2) is 115 Å². The molecule has 1 saturated heterocycles. The van der Waals surface area contributed by atoms with Crippen molar-refractivity contribution in [2.45, 2.75) is 137 Å². The van der Waals surface area contributed by atoms with Gasteiger partial charge in [0.05, 0.1) is 43.4 Å². The number of allylic oxidation sites excluding steroid dienone is 4. The molecule has 3 fully saturated rings. The topological polar surface area (TPSA) is 208 Å². The Balaban J connectivity index is 0.00000103. The number of fused-ring (bicyclic) bond motifs is 1.